The first kappa shape index (κ1) is 19.9. The summed E-state index contributed by atoms with van der Waals surface area (Å²) in [6.45, 7) is 11.3. The standard InChI is InChI=1S/C23H32O4/c1-14-8-7-9-19-22(14,3)11-10-15(2)23(19,4)13-16-20(25)18(26-5)12-17(24)21(16)27-6/h12,15,19H,1,7-11,13H2,2-6H3/t15-,19+,22+,23+/m0/s1. The molecule has 0 heterocycles. The fourth-order valence-corrected chi connectivity index (χ4v) is 5.83. The van der Waals surface area contributed by atoms with E-state index in [1.807, 2.05) is 0 Å². The topological polar surface area (TPSA) is 52.6 Å². The minimum absolute atomic E-state index is 0.0956. The van der Waals surface area contributed by atoms with Gasteiger partial charge in [-0.25, -0.2) is 0 Å². The van der Waals surface area contributed by atoms with Crippen LogP contribution in [-0.2, 0) is 19.1 Å². The summed E-state index contributed by atoms with van der Waals surface area (Å²) in [7, 11) is 2.89. The van der Waals surface area contributed by atoms with Gasteiger partial charge >= 0.3 is 0 Å². The number of Topliss-reactive ketones (excluding diaryl/α,β-unsaturated/α-hetero) is 1. The zero-order valence-corrected chi connectivity index (χ0v) is 17.3. The van der Waals surface area contributed by atoms with Crippen LogP contribution in [-0.4, -0.2) is 25.8 Å². The molecular formula is C23H32O4. The van der Waals surface area contributed by atoms with Crippen LogP contribution in [0.1, 0.15) is 59.3 Å². The molecule has 0 saturated heterocycles. The fraction of sp³-hybridized carbons (Fsp3) is 0.652. The lowest BCUT2D eigenvalue weighted by Crippen LogP contribution is -2.50. The number of rotatable bonds is 4. The van der Waals surface area contributed by atoms with Gasteiger partial charge in [-0.2, -0.15) is 0 Å². The van der Waals surface area contributed by atoms with Crippen LogP contribution in [0.15, 0.2) is 35.3 Å². The molecule has 0 aromatic carbocycles. The van der Waals surface area contributed by atoms with Crippen LogP contribution in [0.25, 0.3) is 0 Å². The van der Waals surface area contributed by atoms with E-state index in [9.17, 15) is 9.59 Å². The van der Waals surface area contributed by atoms with Gasteiger partial charge in [0.2, 0.25) is 11.6 Å². The molecule has 0 bridgehead atoms. The highest BCUT2D eigenvalue weighted by Crippen LogP contribution is 2.63. The molecule has 4 heteroatoms. The minimum Gasteiger partial charge on any atom is -0.493 e. The van der Waals surface area contributed by atoms with E-state index in [1.165, 1.54) is 25.9 Å². The SMILES string of the molecule is C=C1CCC[C@H]2[C@](C)(CC3=C(OC)C(=O)C=C(OC)C3=O)[C@@H](C)CC[C@]12C. The number of hydrogen-bond acceptors (Lipinski definition) is 4. The molecule has 0 aromatic heterocycles. The molecule has 0 aromatic rings. The van der Waals surface area contributed by atoms with E-state index in [1.54, 1.807) is 0 Å². The summed E-state index contributed by atoms with van der Waals surface area (Å²) in [5.41, 5.74) is 1.83. The maximum Gasteiger partial charge on any atom is 0.227 e. The van der Waals surface area contributed by atoms with Crippen molar-refractivity contribution in [2.24, 2.45) is 22.7 Å². The Hall–Kier alpha value is -1.84. The van der Waals surface area contributed by atoms with E-state index in [-0.39, 0.29) is 33.9 Å². The molecular weight excluding hydrogens is 340 g/mol. The molecule has 0 amide bonds. The summed E-state index contributed by atoms with van der Waals surface area (Å²) in [6, 6.07) is 0. The Labute approximate surface area is 162 Å². The smallest absolute Gasteiger partial charge is 0.227 e. The second-order valence-corrected chi connectivity index (χ2v) is 9.01. The van der Waals surface area contributed by atoms with Crippen LogP contribution in [0, 0.1) is 22.7 Å². The second kappa shape index (κ2) is 6.96. The van der Waals surface area contributed by atoms with Gasteiger partial charge in [-0.3, -0.25) is 9.59 Å². The Morgan fingerprint density at radius 1 is 1.19 bits per heavy atom. The zero-order chi connectivity index (χ0) is 20.0. The number of carbonyl (C=O) groups excluding carboxylic acids is 2. The molecule has 0 N–H and O–H groups in total. The Balaban J connectivity index is 2.04. The third kappa shape index (κ3) is 2.97. The summed E-state index contributed by atoms with van der Waals surface area (Å²) in [6.07, 6.45) is 7.42. The van der Waals surface area contributed by atoms with Crippen molar-refractivity contribution in [3.8, 4) is 0 Å². The first-order valence-electron chi connectivity index (χ1n) is 9.99. The molecule has 3 aliphatic rings. The van der Waals surface area contributed by atoms with Crippen LogP contribution in [0.2, 0.25) is 0 Å². The molecule has 4 atom stereocenters. The lowest BCUT2D eigenvalue weighted by molar-refractivity contribution is -0.121. The number of methoxy groups -OCH3 is 2. The zero-order valence-electron chi connectivity index (χ0n) is 17.3. The highest BCUT2D eigenvalue weighted by atomic mass is 16.5. The van der Waals surface area contributed by atoms with Gasteiger partial charge in [0.05, 0.1) is 19.8 Å². The van der Waals surface area contributed by atoms with Gasteiger partial charge in [0.15, 0.2) is 11.5 Å². The number of fused-ring (bicyclic) bond motifs is 1. The molecule has 3 aliphatic carbocycles. The number of hydrogen-bond donors (Lipinski definition) is 0. The maximum atomic E-state index is 13.0. The van der Waals surface area contributed by atoms with Crippen LogP contribution < -0.4 is 0 Å². The summed E-state index contributed by atoms with van der Waals surface area (Å²) >= 11 is 0. The highest BCUT2D eigenvalue weighted by molar-refractivity contribution is 6.21. The molecule has 27 heavy (non-hydrogen) atoms. The van der Waals surface area contributed by atoms with E-state index in [2.05, 4.69) is 27.4 Å². The first-order chi connectivity index (χ1) is 12.7. The van der Waals surface area contributed by atoms with Crippen LogP contribution in [0.3, 0.4) is 0 Å². The Kier molecular flexibility index (Phi) is 5.13. The Morgan fingerprint density at radius 3 is 2.52 bits per heavy atom. The first-order valence-corrected chi connectivity index (χ1v) is 9.99. The molecule has 0 spiro atoms. The van der Waals surface area contributed by atoms with E-state index >= 15 is 0 Å². The molecule has 0 aliphatic heterocycles. The Morgan fingerprint density at radius 2 is 1.89 bits per heavy atom. The molecule has 3 rings (SSSR count). The lowest BCUT2D eigenvalue weighted by Gasteiger charge is -2.59. The van der Waals surface area contributed by atoms with Crippen molar-refractivity contribution in [1.82, 2.24) is 0 Å². The fourth-order valence-electron chi connectivity index (χ4n) is 5.83. The minimum atomic E-state index is -0.285. The number of carbonyl (C=O) groups is 2. The third-order valence-electron chi connectivity index (χ3n) is 7.81. The lowest BCUT2D eigenvalue weighted by atomic mass is 9.46. The van der Waals surface area contributed by atoms with Gasteiger partial charge < -0.3 is 9.47 Å². The van der Waals surface area contributed by atoms with Crippen LogP contribution in [0.4, 0.5) is 0 Å². The highest BCUT2D eigenvalue weighted by Gasteiger charge is 2.55. The summed E-state index contributed by atoms with van der Waals surface area (Å²) in [5, 5.41) is 0. The molecule has 4 nitrogen and oxygen atoms in total. The molecule has 2 saturated carbocycles. The van der Waals surface area contributed by atoms with E-state index in [0.717, 1.165) is 32.1 Å². The van der Waals surface area contributed by atoms with Crippen molar-refractivity contribution in [3.63, 3.8) is 0 Å². The molecule has 2 fully saturated rings. The van der Waals surface area contributed by atoms with Gasteiger partial charge in [0.25, 0.3) is 0 Å². The average molecular weight is 373 g/mol. The molecule has 0 unspecified atom stereocenters. The normalized spacial score (nSPS) is 37.1. The van der Waals surface area contributed by atoms with E-state index < -0.39 is 0 Å². The van der Waals surface area contributed by atoms with Crippen LogP contribution >= 0.6 is 0 Å². The second-order valence-electron chi connectivity index (χ2n) is 9.01. The van der Waals surface area contributed by atoms with Gasteiger partial charge in [-0.15, -0.1) is 0 Å². The van der Waals surface area contributed by atoms with Crippen LogP contribution in [0.5, 0.6) is 0 Å². The largest absolute Gasteiger partial charge is 0.493 e. The summed E-state index contributed by atoms with van der Waals surface area (Å²) in [5.74, 6) is 0.679. The third-order valence-corrected chi connectivity index (χ3v) is 7.81. The number of ketones is 2. The number of allylic oxidation sites excluding steroid dienone is 3. The van der Waals surface area contributed by atoms with Crippen molar-refractivity contribution in [2.45, 2.75) is 59.3 Å². The van der Waals surface area contributed by atoms with E-state index in [4.69, 9.17) is 9.47 Å². The van der Waals surface area contributed by atoms with E-state index in [0.29, 0.717) is 23.8 Å². The van der Waals surface area contributed by atoms with Gasteiger partial charge in [0.1, 0.15) is 0 Å². The van der Waals surface area contributed by atoms with Gasteiger partial charge in [-0.05, 0) is 61.2 Å². The summed E-state index contributed by atoms with van der Waals surface area (Å²) < 4.78 is 10.6. The predicted molar refractivity (Wildman–Crippen MR) is 105 cm³/mol. The molecule has 148 valence electrons. The Bertz CT molecular complexity index is 743. The average Bonchev–Trinajstić information content (AvgIpc) is 2.63. The molecule has 0 radical (unpaired) electrons. The van der Waals surface area contributed by atoms with Crippen molar-refractivity contribution in [1.29, 1.82) is 0 Å². The van der Waals surface area contributed by atoms with Crippen molar-refractivity contribution in [3.05, 3.63) is 35.3 Å². The van der Waals surface area contributed by atoms with Crippen molar-refractivity contribution in [2.75, 3.05) is 14.2 Å². The van der Waals surface area contributed by atoms with Crippen molar-refractivity contribution >= 4 is 11.6 Å². The monoisotopic (exact) mass is 372 g/mol. The maximum absolute atomic E-state index is 13.0. The number of ether oxygens (including phenoxy) is 2. The van der Waals surface area contributed by atoms with Crippen molar-refractivity contribution < 1.29 is 19.1 Å². The van der Waals surface area contributed by atoms with Gasteiger partial charge in [-0.1, -0.05) is 32.9 Å². The van der Waals surface area contributed by atoms with Gasteiger partial charge in [0, 0.05) is 6.08 Å². The summed E-state index contributed by atoms with van der Waals surface area (Å²) in [4.78, 5) is 25.5. The predicted octanol–water partition coefficient (Wildman–Crippen LogP) is 4.76. The quantitative estimate of drug-likeness (QED) is 0.527.